The summed E-state index contributed by atoms with van der Waals surface area (Å²) >= 11 is 0. The molecule has 2 atom stereocenters. The molecule has 0 bridgehead atoms. The fourth-order valence-electron chi connectivity index (χ4n) is 1.85. The van der Waals surface area contributed by atoms with E-state index in [0.29, 0.717) is 11.0 Å². The molecular weight excluding hydrogens is 232 g/mol. The molecule has 2 aromatic heterocycles. The Balaban J connectivity index is 2.35. The molecule has 0 aliphatic rings. The van der Waals surface area contributed by atoms with Gasteiger partial charge in [-0.05, 0) is 5.92 Å². The van der Waals surface area contributed by atoms with Crippen LogP contribution >= 0.6 is 0 Å². The van der Waals surface area contributed by atoms with Gasteiger partial charge in [-0.15, -0.1) is 0 Å². The number of hydrogen-bond donors (Lipinski definition) is 1. The van der Waals surface area contributed by atoms with Gasteiger partial charge in [0.1, 0.15) is 11.7 Å². The quantitative estimate of drug-likeness (QED) is 0.859. The largest absolute Gasteiger partial charge is 0.391 e. The van der Waals surface area contributed by atoms with Gasteiger partial charge in [-0.2, -0.15) is 5.10 Å². The average Bonchev–Trinajstić information content (AvgIpc) is 2.74. The van der Waals surface area contributed by atoms with Gasteiger partial charge in [-0.1, -0.05) is 20.3 Å². The molecule has 2 aromatic rings. The second-order valence-corrected chi connectivity index (χ2v) is 4.66. The van der Waals surface area contributed by atoms with Crippen LogP contribution < -0.4 is 5.56 Å². The highest BCUT2D eigenvalue weighted by molar-refractivity contribution is 5.72. The second-order valence-electron chi connectivity index (χ2n) is 4.66. The Morgan fingerprint density at radius 2 is 2.22 bits per heavy atom. The topological polar surface area (TPSA) is 72.9 Å². The molecule has 6 heteroatoms. The van der Waals surface area contributed by atoms with Gasteiger partial charge in [-0.25, -0.2) is 4.98 Å². The third-order valence-corrected chi connectivity index (χ3v) is 3.40. The smallest absolute Gasteiger partial charge is 0.264 e. The van der Waals surface area contributed by atoms with E-state index in [1.807, 2.05) is 13.8 Å². The molecule has 18 heavy (non-hydrogen) atoms. The molecule has 0 radical (unpaired) electrons. The van der Waals surface area contributed by atoms with Crippen molar-refractivity contribution in [2.24, 2.45) is 13.0 Å². The van der Waals surface area contributed by atoms with Gasteiger partial charge in [-0.3, -0.25) is 14.0 Å². The van der Waals surface area contributed by atoms with Crippen LogP contribution in [0, 0.1) is 5.92 Å². The maximum absolute atomic E-state index is 12.1. The molecule has 2 rings (SSSR count). The van der Waals surface area contributed by atoms with Gasteiger partial charge >= 0.3 is 0 Å². The molecule has 2 unspecified atom stereocenters. The summed E-state index contributed by atoms with van der Waals surface area (Å²) in [6.45, 7) is 4.25. The highest BCUT2D eigenvalue weighted by Gasteiger charge is 2.15. The van der Waals surface area contributed by atoms with Crippen LogP contribution in [-0.2, 0) is 13.6 Å². The number of aliphatic hydroxyl groups is 1. The van der Waals surface area contributed by atoms with Gasteiger partial charge < -0.3 is 5.11 Å². The Hall–Kier alpha value is -1.69. The molecule has 0 saturated carbocycles. The molecule has 98 valence electrons. The van der Waals surface area contributed by atoms with Crippen LogP contribution in [-0.4, -0.2) is 30.5 Å². The lowest BCUT2D eigenvalue weighted by atomic mass is 10.0. The molecule has 0 aliphatic heterocycles. The molecule has 0 aliphatic carbocycles. The van der Waals surface area contributed by atoms with Gasteiger partial charge in [0.15, 0.2) is 5.65 Å². The zero-order chi connectivity index (χ0) is 13.3. The molecule has 0 amide bonds. The number of aromatic nitrogens is 4. The Labute approximate surface area is 105 Å². The molecule has 2 heterocycles. The third-order valence-electron chi connectivity index (χ3n) is 3.40. The maximum Gasteiger partial charge on any atom is 0.264 e. The summed E-state index contributed by atoms with van der Waals surface area (Å²) in [6.07, 6.45) is 3.32. The van der Waals surface area contributed by atoms with E-state index < -0.39 is 6.10 Å². The molecule has 0 saturated heterocycles. The van der Waals surface area contributed by atoms with Gasteiger partial charge in [0, 0.05) is 7.05 Å². The molecule has 0 spiro atoms. The van der Waals surface area contributed by atoms with Crippen LogP contribution in [0.15, 0.2) is 17.3 Å². The van der Waals surface area contributed by atoms with Crippen molar-refractivity contribution in [2.75, 3.05) is 0 Å². The van der Waals surface area contributed by atoms with Crippen molar-refractivity contribution in [1.29, 1.82) is 0 Å². The predicted molar refractivity (Wildman–Crippen MR) is 68.2 cm³/mol. The fourth-order valence-corrected chi connectivity index (χ4v) is 1.85. The number of fused-ring (bicyclic) bond motifs is 1. The van der Waals surface area contributed by atoms with Crippen molar-refractivity contribution in [3.8, 4) is 0 Å². The summed E-state index contributed by atoms with van der Waals surface area (Å²) in [5, 5.41) is 14.5. The van der Waals surface area contributed by atoms with E-state index in [9.17, 15) is 9.90 Å². The monoisotopic (exact) mass is 250 g/mol. The Morgan fingerprint density at radius 3 is 2.89 bits per heavy atom. The van der Waals surface area contributed by atoms with Crippen molar-refractivity contribution in [3.63, 3.8) is 0 Å². The van der Waals surface area contributed by atoms with Gasteiger partial charge in [0.2, 0.25) is 0 Å². The average molecular weight is 250 g/mol. The van der Waals surface area contributed by atoms with E-state index in [4.69, 9.17) is 0 Å². The van der Waals surface area contributed by atoms with Crippen molar-refractivity contribution >= 4 is 11.0 Å². The molecule has 0 fully saturated rings. The zero-order valence-corrected chi connectivity index (χ0v) is 10.9. The van der Waals surface area contributed by atoms with Crippen LogP contribution in [0.4, 0.5) is 0 Å². The first kappa shape index (κ1) is 12.8. The van der Waals surface area contributed by atoms with E-state index in [2.05, 4.69) is 10.1 Å². The van der Waals surface area contributed by atoms with Gasteiger partial charge in [0.25, 0.3) is 5.56 Å². The van der Waals surface area contributed by atoms with Crippen LogP contribution in [0.25, 0.3) is 11.0 Å². The summed E-state index contributed by atoms with van der Waals surface area (Å²) < 4.78 is 3.01. The highest BCUT2D eigenvalue weighted by Crippen LogP contribution is 2.09. The summed E-state index contributed by atoms with van der Waals surface area (Å²) in [6, 6.07) is 0. The SMILES string of the molecule is CCC(C)C(O)Cn1cnc2c(cnn2C)c1=O. The standard InChI is InChI=1S/C12H18N4O2/c1-4-8(2)10(17)6-16-7-13-11-9(12(16)18)5-14-15(11)3/h5,7-8,10,17H,4,6H2,1-3H3. The number of nitrogens with zero attached hydrogens (tertiary/aromatic N) is 4. The van der Waals surface area contributed by atoms with Crippen molar-refractivity contribution in [1.82, 2.24) is 19.3 Å². The fraction of sp³-hybridized carbons (Fsp3) is 0.583. The first-order valence-electron chi connectivity index (χ1n) is 6.09. The van der Waals surface area contributed by atoms with E-state index in [1.54, 1.807) is 11.7 Å². The van der Waals surface area contributed by atoms with Gasteiger partial charge in [0.05, 0.1) is 18.8 Å². The Bertz CT molecular complexity index is 602. The summed E-state index contributed by atoms with van der Waals surface area (Å²) in [4.78, 5) is 16.3. The molecule has 0 aromatic carbocycles. The number of rotatable bonds is 4. The van der Waals surface area contributed by atoms with E-state index in [1.165, 1.54) is 17.1 Å². The van der Waals surface area contributed by atoms with Crippen LogP contribution in [0.1, 0.15) is 20.3 Å². The molecular formula is C12H18N4O2. The van der Waals surface area contributed by atoms with Crippen molar-refractivity contribution in [2.45, 2.75) is 32.9 Å². The lowest BCUT2D eigenvalue weighted by Crippen LogP contribution is -2.30. The zero-order valence-electron chi connectivity index (χ0n) is 10.9. The van der Waals surface area contributed by atoms with E-state index in [-0.39, 0.29) is 18.0 Å². The summed E-state index contributed by atoms with van der Waals surface area (Å²) in [7, 11) is 1.74. The van der Waals surface area contributed by atoms with E-state index in [0.717, 1.165) is 6.42 Å². The lowest BCUT2D eigenvalue weighted by molar-refractivity contribution is 0.0954. The minimum absolute atomic E-state index is 0.154. The normalized spacial score (nSPS) is 14.9. The van der Waals surface area contributed by atoms with Crippen LogP contribution in [0.5, 0.6) is 0 Å². The number of hydrogen-bond acceptors (Lipinski definition) is 4. The van der Waals surface area contributed by atoms with Crippen molar-refractivity contribution < 1.29 is 5.11 Å². The first-order chi connectivity index (χ1) is 8.54. The number of aryl methyl sites for hydroxylation is 1. The second kappa shape index (κ2) is 4.89. The van der Waals surface area contributed by atoms with Crippen LogP contribution in [0.2, 0.25) is 0 Å². The van der Waals surface area contributed by atoms with Crippen molar-refractivity contribution in [3.05, 3.63) is 22.9 Å². The number of aliphatic hydroxyl groups excluding tert-OH is 1. The Morgan fingerprint density at radius 1 is 1.50 bits per heavy atom. The lowest BCUT2D eigenvalue weighted by Gasteiger charge is -2.17. The first-order valence-corrected chi connectivity index (χ1v) is 6.09. The highest BCUT2D eigenvalue weighted by atomic mass is 16.3. The van der Waals surface area contributed by atoms with Crippen LogP contribution in [0.3, 0.4) is 0 Å². The summed E-state index contributed by atoms with van der Waals surface area (Å²) in [5.41, 5.74) is 0.407. The molecule has 1 N–H and O–H groups in total. The third kappa shape index (κ3) is 2.15. The molecule has 6 nitrogen and oxygen atoms in total. The van der Waals surface area contributed by atoms with E-state index >= 15 is 0 Å². The maximum atomic E-state index is 12.1. The predicted octanol–water partition coefficient (Wildman–Crippen LogP) is 0.537. The summed E-state index contributed by atoms with van der Waals surface area (Å²) in [5.74, 6) is 0.154. The minimum atomic E-state index is -0.538. The minimum Gasteiger partial charge on any atom is -0.391 e. The Kier molecular flexibility index (Phi) is 3.47.